The van der Waals surface area contributed by atoms with E-state index in [1.165, 1.54) is 6.07 Å². The van der Waals surface area contributed by atoms with E-state index in [1.807, 2.05) is 19.6 Å². The zero-order valence-electron chi connectivity index (χ0n) is 12.7. The molecule has 1 heterocycles. The fourth-order valence-corrected chi connectivity index (χ4v) is 3.74. The van der Waals surface area contributed by atoms with Crippen molar-refractivity contribution >= 4 is 36.5 Å². The number of benzene rings is 1. The van der Waals surface area contributed by atoms with Gasteiger partial charge in [0.25, 0.3) is 0 Å². The van der Waals surface area contributed by atoms with E-state index in [-0.39, 0.29) is 11.3 Å². The van der Waals surface area contributed by atoms with Crippen molar-refractivity contribution in [3.05, 3.63) is 40.6 Å². The molecule has 8 heteroatoms. The second-order valence-electron chi connectivity index (χ2n) is 6.10. The number of nitrogens with zero attached hydrogens (tertiary/aromatic N) is 1. The van der Waals surface area contributed by atoms with E-state index in [0.717, 1.165) is 6.07 Å². The zero-order chi connectivity index (χ0) is 17.5. The summed E-state index contributed by atoms with van der Waals surface area (Å²) in [5.74, 6) is -2.89. The Morgan fingerprint density at radius 2 is 1.91 bits per heavy atom. The van der Waals surface area contributed by atoms with E-state index in [9.17, 15) is 13.6 Å². The summed E-state index contributed by atoms with van der Waals surface area (Å²) in [6.45, 7) is 5.94. The number of rotatable bonds is 3. The summed E-state index contributed by atoms with van der Waals surface area (Å²) in [7, 11) is -1.89. The van der Waals surface area contributed by atoms with Gasteiger partial charge in [-0.15, -0.1) is 0 Å². The number of pyridine rings is 1. The third kappa shape index (κ3) is 3.20. The molecule has 4 nitrogen and oxygen atoms in total. The van der Waals surface area contributed by atoms with Crippen molar-refractivity contribution in [2.24, 2.45) is 0 Å². The van der Waals surface area contributed by atoms with Crippen molar-refractivity contribution in [3.8, 4) is 11.3 Å². The molecule has 0 aliphatic carbocycles. The van der Waals surface area contributed by atoms with E-state index in [0.29, 0.717) is 5.19 Å². The molecule has 3 N–H and O–H groups in total. The molecular weight excluding hydrogens is 342 g/mol. The van der Waals surface area contributed by atoms with Crippen LogP contribution in [0.25, 0.3) is 11.3 Å². The number of anilines is 1. The largest absolute Gasteiger partial charge is 0.476 e. The van der Waals surface area contributed by atoms with Gasteiger partial charge in [0.2, 0.25) is 0 Å². The number of hydrogen-bond donors (Lipinski definition) is 2. The Kier molecular flexibility index (Phi) is 4.45. The lowest BCUT2D eigenvalue weighted by Gasteiger charge is -2.18. The number of carbonyl (C=O) groups is 1. The summed E-state index contributed by atoms with van der Waals surface area (Å²) < 4.78 is 28.6. The highest BCUT2D eigenvalue weighted by atomic mass is 35.5. The molecule has 0 aliphatic rings. The van der Waals surface area contributed by atoms with Gasteiger partial charge in [-0.25, -0.2) is 18.6 Å². The number of carboxylic acid groups (broad SMARTS) is 1. The van der Waals surface area contributed by atoms with Gasteiger partial charge in [0.15, 0.2) is 11.5 Å². The van der Waals surface area contributed by atoms with Crippen LogP contribution in [0.15, 0.2) is 18.2 Å². The highest BCUT2D eigenvalue weighted by Gasteiger charge is 2.24. The lowest BCUT2D eigenvalue weighted by molar-refractivity contribution is 0.0691. The quantitative estimate of drug-likeness (QED) is 0.825. The highest BCUT2D eigenvalue weighted by molar-refractivity contribution is 6.88. The second-order valence-corrected chi connectivity index (χ2v) is 11.5. The Hall–Kier alpha value is -1.99. The van der Waals surface area contributed by atoms with Crippen LogP contribution in [-0.4, -0.2) is 24.1 Å². The van der Waals surface area contributed by atoms with E-state index in [2.05, 4.69) is 4.98 Å². The first-order valence-corrected chi connectivity index (χ1v) is 10.6. The summed E-state index contributed by atoms with van der Waals surface area (Å²) in [6.07, 6.45) is 0. The summed E-state index contributed by atoms with van der Waals surface area (Å²) in [6, 6.07) is 4.21. The van der Waals surface area contributed by atoms with Crippen LogP contribution in [0.4, 0.5) is 14.5 Å². The van der Waals surface area contributed by atoms with Gasteiger partial charge in [0, 0.05) is 5.56 Å². The predicted octanol–water partition coefficient (Wildman–Crippen LogP) is 3.51. The normalized spacial score (nSPS) is 11.6. The van der Waals surface area contributed by atoms with Gasteiger partial charge < -0.3 is 10.8 Å². The molecule has 1 aromatic heterocycles. The summed E-state index contributed by atoms with van der Waals surface area (Å²) in [5, 5.41) is 9.18. The standard InChI is InChI=1S/C15H15ClF2N2O2Si/c1-23(2,3)9-5-4-7(6-8(9)17)13-11(18)12(19)10(16)14(20-13)15(21)22/h4-6H,1-3H3,(H2,19,20)(H,21,22). The second kappa shape index (κ2) is 5.90. The Bertz CT molecular complexity index is 807. The lowest BCUT2D eigenvalue weighted by atomic mass is 10.1. The molecule has 0 unspecified atom stereocenters. The summed E-state index contributed by atoms with van der Waals surface area (Å²) in [4.78, 5) is 14.8. The van der Waals surface area contributed by atoms with Gasteiger partial charge in [0.1, 0.15) is 11.5 Å². The molecule has 0 fully saturated rings. The van der Waals surface area contributed by atoms with E-state index < -0.39 is 42.1 Å². The molecule has 1 aromatic carbocycles. The van der Waals surface area contributed by atoms with Gasteiger partial charge in [-0.1, -0.05) is 43.4 Å². The van der Waals surface area contributed by atoms with Crippen molar-refractivity contribution in [2.45, 2.75) is 19.6 Å². The van der Waals surface area contributed by atoms with Gasteiger partial charge in [0.05, 0.1) is 18.8 Å². The monoisotopic (exact) mass is 356 g/mol. The Morgan fingerprint density at radius 1 is 1.30 bits per heavy atom. The lowest BCUT2D eigenvalue weighted by Crippen LogP contribution is -2.39. The molecule has 0 aliphatic heterocycles. The minimum Gasteiger partial charge on any atom is -0.476 e. The topological polar surface area (TPSA) is 76.2 Å². The number of nitrogen functional groups attached to an aromatic ring is 1. The van der Waals surface area contributed by atoms with Crippen molar-refractivity contribution < 1.29 is 18.7 Å². The molecule has 0 atom stereocenters. The number of aromatic nitrogens is 1. The Labute approximate surface area is 137 Å². The molecule has 0 saturated heterocycles. The number of carboxylic acids is 1. The van der Waals surface area contributed by atoms with Crippen LogP contribution in [0.5, 0.6) is 0 Å². The smallest absolute Gasteiger partial charge is 0.356 e. The maximum atomic E-state index is 14.3. The van der Waals surface area contributed by atoms with Crippen molar-refractivity contribution in [1.82, 2.24) is 4.98 Å². The molecule has 0 radical (unpaired) electrons. The SMILES string of the molecule is C[Si](C)(C)c1ccc(-c2nc(C(=O)O)c(Cl)c(N)c2F)cc1F. The first-order valence-electron chi connectivity index (χ1n) is 6.72. The van der Waals surface area contributed by atoms with Crippen LogP contribution in [0.3, 0.4) is 0 Å². The zero-order valence-corrected chi connectivity index (χ0v) is 14.5. The Morgan fingerprint density at radius 3 is 2.39 bits per heavy atom. The van der Waals surface area contributed by atoms with E-state index in [1.54, 1.807) is 6.07 Å². The summed E-state index contributed by atoms with van der Waals surface area (Å²) >= 11 is 5.69. The van der Waals surface area contributed by atoms with Crippen LogP contribution >= 0.6 is 11.6 Å². The Balaban J connectivity index is 2.68. The molecule has 0 saturated carbocycles. The van der Waals surface area contributed by atoms with Gasteiger partial charge in [-0.2, -0.15) is 0 Å². The molecule has 122 valence electrons. The number of halogens is 3. The van der Waals surface area contributed by atoms with E-state index in [4.69, 9.17) is 22.4 Å². The van der Waals surface area contributed by atoms with Crippen molar-refractivity contribution in [2.75, 3.05) is 5.73 Å². The predicted molar refractivity (Wildman–Crippen MR) is 89.0 cm³/mol. The molecule has 0 amide bonds. The first-order chi connectivity index (χ1) is 10.5. The first kappa shape index (κ1) is 17.4. The van der Waals surface area contributed by atoms with Gasteiger partial charge in [-0.05, 0) is 11.3 Å². The molecule has 2 aromatic rings. The number of aromatic carboxylic acids is 1. The third-order valence-corrected chi connectivity index (χ3v) is 5.77. The van der Waals surface area contributed by atoms with Gasteiger partial charge in [-0.3, -0.25) is 0 Å². The minimum atomic E-state index is -1.89. The van der Waals surface area contributed by atoms with E-state index >= 15 is 0 Å². The van der Waals surface area contributed by atoms with Crippen LogP contribution < -0.4 is 10.9 Å². The third-order valence-electron chi connectivity index (χ3n) is 3.37. The molecule has 2 rings (SSSR count). The van der Waals surface area contributed by atoms with Crippen LogP contribution in [-0.2, 0) is 0 Å². The molecule has 23 heavy (non-hydrogen) atoms. The van der Waals surface area contributed by atoms with Crippen LogP contribution in [0.2, 0.25) is 24.7 Å². The fraction of sp³-hybridized carbons (Fsp3) is 0.200. The average Bonchev–Trinajstić information content (AvgIpc) is 2.43. The fourth-order valence-electron chi connectivity index (χ4n) is 2.17. The van der Waals surface area contributed by atoms with Crippen molar-refractivity contribution in [3.63, 3.8) is 0 Å². The van der Waals surface area contributed by atoms with Crippen LogP contribution in [0, 0.1) is 11.6 Å². The van der Waals surface area contributed by atoms with Crippen molar-refractivity contribution in [1.29, 1.82) is 0 Å². The maximum Gasteiger partial charge on any atom is 0.356 e. The maximum absolute atomic E-state index is 14.3. The summed E-state index contributed by atoms with van der Waals surface area (Å²) in [5.41, 5.74) is 4.16. The molecule has 0 spiro atoms. The highest BCUT2D eigenvalue weighted by Crippen LogP contribution is 2.32. The number of hydrogen-bond acceptors (Lipinski definition) is 3. The molecular formula is C15H15ClF2N2O2Si. The van der Waals surface area contributed by atoms with Crippen LogP contribution in [0.1, 0.15) is 10.5 Å². The molecule has 0 bridgehead atoms. The minimum absolute atomic E-state index is 0.105. The van der Waals surface area contributed by atoms with Gasteiger partial charge >= 0.3 is 5.97 Å². The number of nitrogens with two attached hydrogens (primary N) is 1. The average molecular weight is 357 g/mol.